The van der Waals surface area contributed by atoms with E-state index in [1.54, 1.807) is 13.8 Å². The first kappa shape index (κ1) is 13.8. The largest absolute Gasteiger partial charge is 0.640 e. The Hall–Kier alpha value is -0.195. The number of rotatable bonds is 8. The zero-order valence-electron chi connectivity index (χ0n) is 8.58. The highest BCUT2D eigenvalue weighted by atomic mass is 19.2. The van der Waals surface area contributed by atoms with Crippen LogP contribution in [-0.2, 0) is 9.31 Å². The van der Waals surface area contributed by atoms with Crippen LogP contribution >= 0.6 is 0 Å². The SMILES string of the molecule is CCCC(F)OB(O)OC(F)CCC. The quantitative estimate of drug-likeness (QED) is 0.624. The zero-order valence-corrected chi connectivity index (χ0v) is 8.58. The molecule has 0 fully saturated rings. The molecule has 0 rings (SSSR count). The van der Waals surface area contributed by atoms with Gasteiger partial charge in [-0.25, -0.2) is 8.78 Å². The highest BCUT2D eigenvalue weighted by molar-refractivity contribution is 6.34. The van der Waals surface area contributed by atoms with Crippen molar-refractivity contribution < 1.29 is 23.1 Å². The lowest BCUT2D eigenvalue weighted by molar-refractivity contribution is -0.0430. The van der Waals surface area contributed by atoms with E-state index in [2.05, 4.69) is 9.31 Å². The third-order valence-electron chi connectivity index (χ3n) is 1.56. The first-order valence-corrected chi connectivity index (χ1v) is 4.87. The van der Waals surface area contributed by atoms with Crippen molar-refractivity contribution in [3.8, 4) is 0 Å². The van der Waals surface area contributed by atoms with Crippen LogP contribution in [0, 0.1) is 0 Å². The van der Waals surface area contributed by atoms with E-state index in [1.807, 2.05) is 0 Å². The monoisotopic (exact) mass is 210 g/mol. The predicted molar refractivity (Wildman–Crippen MR) is 49.8 cm³/mol. The summed E-state index contributed by atoms with van der Waals surface area (Å²) in [5.41, 5.74) is 0. The van der Waals surface area contributed by atoms with Crippen molar-refractivity contribution in [1.82, 2.24) is 0 Å². The molecule has 0 aromatic carbocycles. The summed E-state index contributed by atoms with van der Waals surface area (Å²) in [6.45, 7) is 3.55. The molecule has 0 aliphatic carbocycles. The van der Waals surface area contributed by atoms with E-state index >= 15 is 0 Å². The van der Waals surface area contributed by atoms with Crippen LogP contribution in [-0.4, -0.2) is 25.1 Å². The molecule has 0 saturated heterocycles. The summed E-state index contributed by atoms with van der Waals surface area (Å²) in [5.74, 6) is 0. The maximum atomic E-state index is 12.7. The van der Waals surface area contributed by atoms with Gasteiger partial charge in [0.25, 0.3) is 0 Å². The van der Waals surface area contributed by atoms with E-state index in [-0.39, 0.29) is 12.8 Å². The molecule has 0 amide bonds. The van der Waals surface area contributed by atoms with Crippen LogP contribution < -0.4 is 0 Å². The number of alkyl halides is 2. The fourth-order valence-corrected chi connectivity index (χ4v) is 0.875. The Morgan fingerprint density at radius 2 is 1.43 bits per heavy atom. The Morgan fingerprint density at radius 3 is 1.71 bits per heavy atom. The summed E-state index contributed by atoms with van der Waals surface area (Å²) in [6, 6.07) is 0. The Labute approximate surface area is 83.6 Å². The van der Waals surface area contributed by atoms with Crippen molar-refractivity contribution >= 4 is 7.32 Å². The number of halogens is 2. The first-order chi connectivity index (χ1) is 6.60. The molecule has 0 aromatic heterocycles. The molecule has 0 spiro atoms. The average Bonchev–Trinajstić information content (AvgIpc) is 2.03. The minimum atomic E-state index is -1.82. The van der Waals surface area contributed by atoms with Gasteiger partial charge in [0.2, 0.25) is 0 Å². The van der Waals surface area contributed by atoms with Crippen molar-refractivity contribution in [2.24, 2.45) is 0 Å². The minimum Gasteiger partial charge on any atom is -0.401 e. The normalized spacial score (nSPS) is 15.2. The summed E-state index contributed by atoms with van der Waals surface area (Å²) in [5, 5.41) is 8.92. The molecule has 1 N–H and O–H groups in total. The van der Waals surface area contributed by atoms with E-state index in [0.29, 0.717) is 12.8 Å². The Morgan fingerprint density at radius 1 is 1.07 bits per heavy atom. The molecule has 0 aliphatic heterocycles. The molecule has 3 nitrogen and oxygen atoms in total. The molecule has 0 bridgehead atoms. The van der Waals surface area contributed by atoms with Crippen molar-refractivity contribution in [3.05, 3.63) is 0 Å². The van der Waals surface area contributed by atoms with Gasteiger partial charge in [0.15, 0.2) is 12.7 Å². The van der Waals surface area contributed by atoms with Crippen molar-refractivity contribution in [2.75, 3.05) is 0 Å². The molecule has 14 heavy (non-hydrogen) atoms. The first-order valence-electron chi connectivity index (χ1n) is 4.87. The Kier molecular flexibility index (Phi) is 8.03. The van der Waals surface area contributed by atoms with Gasteiger partial charge in [-0.15, -0.1) is 0 Å². The topological polar surface area (TPSA) is 38.7 Å². The van der Waals surface area contributed by atoms with Crippen molar-refractivity contribution in [2.45, 2.75) is 52.2 Å². The summed E-state index contributed by atoms with van der Waals surface area (Å²) in [6.07, 6.45) is -1.73. The smallest absolute Gasteiger partial charge is 0.401 e. The van der Waals surface area contributed by atoms with Crippen LogP contribution in [0.15, 0.2) is 0 Å². The molecule has 0 radical (unpaired) electrons. The van der Waals surface area contributed by atoms with Gasteiger partial charge >= 0.3 is 7.32 Å². The highest BCUT2D eigenvalue weighted by Gasteiger charge is 2.24. The predicted octanol–water partition coefficient (Wildman–Crippen LogP) is 2.19. The third kappa shape index (κ3) is 7.23. The van der Waals surface area contributed by atoms with Gasteiger partial charge in [-0.05, 0) is 0 Å². The van der Waals surface area contributed by atoms with Crippen LogP contribution in [0.25, 0.3) is 0 Å². The summed E-state index contributed by atoms with van der Waals surface area (Å²) in [7, 11) is -1.82. The minimum absolute atomic E-state index is 0.158. The van der Waals surface area contributed by atoms with E-state index < -0.39 is 20.0 Å². The molecule has 0 saturated carbocycles. The van der Waals surface area contributed by atoms with Gasteiger partial charge < -0.3 is 14.3 Å². The second kappa shape index (κ2) is 8.14. The third-order valence-corrected chi connectivity index (χ3v) is 1.56. The van der Waals surface area contributed by atoms with Crippen LogP contribution in [0.4, 0.5) is 8.78 Å². The fourth-order valence-electron chi connectivity index (χ4n) is 0.875. The lowest BCUT2D eigenvalue weighted by Crippen LogP contribution is -2.30. The molecule has 0 heterocycles. The lowest BCUT2D eigenvalue weighted by atomic mass is 10.2. The lowest BCUT2D eigenvalue weighted by Gasteiger charge is -2.14. The molecule has 6 heteroatoms. The summed E-state index contributed by atoms with van der Waals surface area (Å²) in [4.78, 5) is 0. The van der Waals surface area contributed by atoms with Gasteiger partial charge in [0, 0.05) is 12.8 Å². The second-order valence-electron chi connectivity index (χ2n) is 2.98. The second-order valence-corrected chi connectivity index (χ2v) is 2.98. The summed E-state index contributed by atoms with van der Waals surface area (Å²) < 4.78 is 34.1. The van der Waals surface area contributed by atoms with E-state index in [1.165, 1.54) is 0 Å². The fraction of sp³-hybridized carbons (Fsp3) is 1.00. The molecular formula is C8H17BF2O3. The number of hydrogen-bond acceptors (Lipinski definition) is 3. The average molecular weight is 210 g/mol. The Bertz CT molecular complexity index is 126. The molecular weight excluding hydrogens is 193 g/mol. The molecule has 0 aliphatic rings. The van der Waals surface area contributed by atoms with Gasteiger partial charge in [-0.1, -0.05) is 26.7 Å². The maximum Gasteiger partial charge on any atom is 0.640 e. The van der Waals surface area contributed by atoms with Gasteiger partial charge in [-0.2, -0.15) is 0 Å². The van der Waals surface area contributed by atoms with E-state index in [0.717, 1.165) is 0 Å². The van der Waals surface area contributed by atoms with E-state index in [9.17, 15) is 8.78 Å². The maximum absolute atomic E-state index is 12.7. The van der Waals surface area contributed by atoms with Gasteiger partial charge in [0.1, 0.15) is 0 Å². The molecule has 2 atom stereocenters. The summed E-state index contributed by atoms with van der Waals surface area (Å²) >= 11 is 0. The van der Waals surface area contributed by atoms with Crippen LogP contribution in [0.2, 0.25) is 0 Å². The van der Waals surface area contributed by atoms with Crippen LogP contribution in [0.3, 0.4) is 0 Å². The van der Waals surface area contributed by atoms with Crippen molar-refractivity contribution in [3.63, 3.8) is 0 Å². The molecule has 84 valence electrons. The van der Waals surface area contributed by atoms with Gasteiger partial charge in [-0.3, -0.25) is 0 Å². The van der Waals surface area contributed by atoms with E-state index in [4.69, 9.17) is 5.02 Å². The molecule has 0 aromatic rings. The zero-order chi connectivity index (χ0) is 11.0. The Balaban J connectivity index is 3.57. The van der Waals surface area contributed by atoms with Gasteiger partial charge in [0.05, 0.1) is 0 Å². The standard InChI is InChI=1S/C8H17BF2O3/c1-3-5-7(10)13-9(12)14-8(11)6-4-2/h7-8,12H,3-6H2,1-2H3. The van der Waals surface area contributed by atoms with Crippen LogP contribution in [0.1, 0.15) is 39.5 Å². The number of hydrogen-bond donors (Lipinski definition) is 1. The van der Waals surface area contributed by atoms with Crippen molar-refractivity contribution in [1.29, 1.82) is 0 Å². The molecule has 2 unspecified atom stereocenters. The highest BCUT2D eigenvalue weighted by Crippen LogP contribution is 2.09. The van der Waals surface area contributed by atoms with Crippen LogP contribution in [0.5, 0.6) is 0 Å².